The highest BCUT2D eigenvalue weighted by molar-refractivity contribution is 5.93. The van der Waals surface area contributed by atoms with Crippen LogP contribution in [0.15, 0.2) is 12.3 Å². The van der Waals surface area contributed by atoms with E-state index in [4.69, 9.17) is 0 Å². The van der Waals surface area contributed by atoms with Crippen molar-refractivity contribution < 1.29 is 13.6 Å². The standard InChI is InChI=1S/C11H13F2N3O/c12-9-8(4-5-14-10(9)13)11(17)15-16-6-2-1-3-7-16/h4-5H,1-3,6-7H2,(H,15,17). The summed E-state index contributed by atoms with van der Waals surface area (Å²) < 4.78 is 26.1. The van der Waals surface area contributed by atoms with E-state index in [1.807, 2.05) is 0 Å². The highest BCUT2D eigenvalue weighted by Gasteiger charge is 2.19. The molecule has 1 fully saturated rings. The van der Waals surface area contributed by atoms with Gasteiger partial charge in [0, 0.05) is 19.3 Å². The summed E-state index contributed by atoms with van der Waals surface area (Å²) in [5.41, 5.74) is 2.25. The summed E-state index contributed by atoms with van der Waals surface area (Å²) >= 11 is 0. The molecular formula is C11H13F2N3O. The van der Waals surface area contributed by atoms with E-state index in [-0.39, 0.29) is 5.56 Å². The zero-order valence-corrected chi connectivity index (χ0v) is 9.25. The minimum atomic E-state index is -1.25. The van der Waals surface area contributed by atoms with Gasteiger partial charge in [0.15, 0.2) is 5.82 Å². The first-order chi connectivity index (χ1) is 8.18. The molecule has 1 aromatic heterocycles. The number of carbonyl (C=O) groups excluding carboxylic acids is 1. The topological polar surface area (TPSA) is 45.2 Å². The highest BCUT2D eigenvalue weighted by atomic mass is 19.2. The number of amides is 1. The second kappa shape index (κ2) is 5.18. The van der Waals surface area contributed by atoms with Gasteiger partial charge >= 0.3 is 0 Å². The molecule has 4 nitrogen and oxygen atoms in total. The lowest BCUT2D eigenvalue weighted by Gasteiger charge is -2.26. The molecule has 0 atom stereocenters. The van der Waals surface area contributed by atoms with Crippen molar-refractivity contribution in [3.63, 3.8) is 0 Å². The Morgan fingerprint density at radius 2 is 2.00 bits per heavy atom. The number of nitrogens with zero attached hydrogens (tertiary/aromatic N) is 2. The quantitative estimate of drug-likeness (QED) is 0.798. The third-order valence-electron chi connectivity index (χ3n) is 2.71. The Bertz CT molecular complexity index is 419. The van der Waals surface area contributed by atoms with Crippen LogP contribution >= 0.6 is 0 Å². The van der Waals surface area contributed by atoms with E-state index in [0.29, 0.717) is 0 Å². The van der Waals surface area contributed by atoms with E-state index in [0.717, 1.165) is 44.6 Å². The molecule has 0 unspecified atom stereocenters. The minimum absolute atomic E-state index is 0.317. The van der Waals surface area contributed by atoms with Crippen molar-refractivity contribution >= 4 is 5.91 Å². The molecule has 6 heteroatoms. The summed E-state index contributed by atoms with van der Waals surface area (Å²) in [6.07, 6.45) is 4.19. The van der Waals surface area contributed by atoms with E-state index < -0.39 is 17.7 Å². The van der Waals surface area contributed by atoms with Crippen molar-refractivity contribution in [2.24, 2.45) is 0 Å². The van der Waals surface area contributed by atoms with E-state index in [1.54, 1.807) is 5.01 Å². The molecule has 2 rings (SSSR count). The molecule has 0 spiro atoms. The number of nitrogens with one attached hydrogen (secondary N) is 1. The average molecular weight is 241 g/mol. The molecule has 2 heterocycles. The van der Waals surface area contributed by atoms with Crippen LogP contribution in [0.5, 0.6) is 0 Å². The zero-order valence-electron chi connectivity index (χ0n) is 9.25. The van der Waals surface area contributed by atoms with E-state index in [9.17, 15) is 13.6 Å². The van der Waals surface area contributed by atoms with Crippen molar-refractivity contribution in [3.8, 4) is 0 Å². The molecule has 1 N–H and O–H groups in total. The molecular weight excluding hydrogens is 228 g/mol. The van der Waals surface area contributed by atoms with Crippen LogP contribution in [0.4, 0.5) is 8.78 Å². The number of aromatic nitrogens is 1. The summed E-state index contributed by atoms with van der Waals surface area (Å²) in [4.78, 5) is 14.8. The molecule has 0 saturated carbocycles. The van der Waals surface area contributed by atoms with Gasteiger partial charge in [-0.1, -0.05) is 6.42 Å². The van der Waals surface area contributed by atoms with Gasteiger partial charge in [0.05, 0.1) is 5.56 Å². The normalized spacial score (nSPS) is 16.8. The lowest BCUT2D eigenvalue weighted by molar-refractivity contribution is 0.0744. The second-order valence-electron chi connectivity index (χ2n) is 3.95. The number of pyridine rings is 1. The van der Waals surface area contributed by atoms with Gasteiger partial charge in [0.25, 0.3) is 5.91 Å². The maximum Gasteiger partial charge on any atom is 0.268 e. The first kappa shape index (κ1) is 11.9. The fraction of sp³-hybridized carbons (Fsp3) is 0.455. The summed E-state index contributed by atoms with van der Waals surface area (Å²) in [5.74, 6) is -3.09. The molecule has 1 aliphatic rings. The summed E-state index contributed by atoms with van der Waals surface area (Å²) in [6, 6.07) is 1.16. The van der Waals surface area contributed by atoms with Crippen LogP contribution in [0.3, 0.4) is 0 Å². The highest BCUT2D eigenvalue weighted by Crippen LogP contribution is 2.10. The van der Waals surface area contributed by atoms with Crippen LogP contribution in [-0.4, -0.2) is 29.0 Å². The van der Waals surface area contributed by atoms with E-state index in [1.165, 1.54) is 0 Å². The number of rotatable bonds is 2. The Labute approximate surface area is 97.6 Å². The van der Waals surface area contributed by atoms with Gasteiger partial charge < -0.3 is 0 Å². The monoisotopic (exact) mass is 241 g/mol. The molecule has 1 aliphatic heterocycles. The Morgan fingerprint density at radius 3 is 2.71 bits per heavy atom. The number of hydrogen-bond donors (Lipinski definition) is 1. The molecule has 1 aromatic rings. The van der Waals surface area contributed by atoms with Crippen LogP contribution in [0.2, 0.25) is 0 Å². The van der Waals surface area contributed by atoms with Gasteiger partial charge in [-0.05, 0) is 18.9 Å². The van der Waals surface area contributed by atoms with Crippen LogP contribution < -0.4 is 5.43 Å². The summed E-state index contributed by atoms with van der Waals surface area (Å²) in [7, 11) is 0. The first-order valence-electron chi connectivity index (χ1n) is 5.54. The molecule has 0 aliphatic carbocycles. The van der Waals surface area contributed by atoms with Crippen LogP contribution in [0.25, 0.3) is 0 Å². The molecule has 0 radical (unpaired) electrons. The first-order valence-corrected chi connectivity index (χ1v) is 5.54. The minimum Gasteiger partial charge on any atom is -0.285 e. The number of hydrazine groups is 1. The van der Waals surface area contributed by atoms with Crippen molar-refractivity contribution in [1.29, 1.82) is 0 Å². The van der Waals surface area contributed by atoms with Crippen LogP contribution in [-0.2, 0) is 0 Å². The van der Waals surface area contributed by atoms with Crippen molar-refractivity contribution in [3.05, 3.63) is 29.6 Å². The molecule has 92 valence electrons. The second-order valence-corrected chi connectivity index (χ2v) is 3.95. The number of halogens is 2. The largest absolute Gasteiger partial charge is 0.285 e. The fourth-order valence-corrected chi connectivity index (χ4v) is 1.80. The molecule has 1 amide bonds. The fourth-order valence-electron chi connectivity index (χ4n) is 1.80. The lowest BCUT2D eigenvalue weighted by atomic mass is 10.2. The number of piperidine rings is 1. The van der Waals surface area contributed by atoms with Crippen molar-refractivity contribution in [2.45, 2.75) is 19.3 Å². The molecule has 0 bridgehead atoms. The predicted octanol–water partition coefficient (Wildman–Crippen LogP) is 1.49. The maximum absolute atomic E-state index is 13.3. The van der Waals surface area contributed by atoms with Gasteiger partial charge in [0.2, 0.25) is 5.95 Å². The lowest BCUT2D eigenvalue weighted by Crippen LogP contribution is -2.45. The Hall–Kier alpha value is -1.56. The van der Waals surface area contributed by atoms with Crippen LogP contribution in [0.1, 0.15) is 29.6 Å². The average Bonchev–Trinajstić information content (AvgIpc) is 2.34. The molecule has 0 aromatic carbocycles. The summed E-state index contributed by atoms with van der Waals surface area (Å²) in [5, 5.41) is 1.73. The van der Waals surface area contributed by atoms with E-state index >= 15 is 0 Å². The van der Waals surface area contributed by atoms with Gasteiger partial charge in [0.1, 0.15) is 0 Å². The van der Waals surface area contributed by atoms with Crippen molar-refractivity contribution in [1.82, 2.24) is 15.4 Å². The number of carbonyl (C=O) groups is 1. The SMILES string of the molecule is O=C(NN1CCCCC1)c1ccnc(F)c1F. The number of hydrogen-bond acceptors (Lipinski definition) is 3. The molecule has 1 saturated heterocycles. The maximum atomic E-state index is 13.3. The van der Waals surface area contributed by atoms with Crippen molar-refractivity contribution in [2.75, 3.05) is 13.1 Å². The Kier molecular flexibility index (Phi) is 3.63. The molecule has 17 heavy (non-hydrogen) atoms. The van der Waals surface area contributed by atoms with Gasteiger partial charge in [-0.15, -0.1) is 0 Å². The van der Waals surface area contributed by atoms with Gasteiger partial charge in [-0.25, -0.2) is 14.4 Å². The Balaban J connectivity index is 2.06. The predicted molar refractivity (Wildman–Crippen MR) is 57.0 cm³/mol. The zero-order chi connectivity index (χ0) is 12.3. The Morgan fingerprint density at radius 1 is 1.29 bits per heavy atom. The summed E-state index contributed by atoms with van der Waals surface area (Å²) in [6.45, 7) is 1.47. The van der Waals surface area contributed by atoms with Crippen LogP contribution in [0, 0.1) is 11.8 Å². The smallest absolute Gasteiger partial charge is 0.268 e. The van der Waals surface area contributed by atoms with E-state index in [2.05, 4.69) is 10.4 Å². The van der Waals surface area contributed by atoms with Gasteiger partial charge in [-0.2, -0.15) is 4.39 Å². The van der Waals surface area contributed by atoms with Gasteiger partial charge in [-0.3, -0.25) is 10.2 Å². The third-order valence-corrected chi connectivity index (χ3v) is 2.71. The third kappa shape index (κ3) is 2.76.